The highest BCUT2D eigenvalue weighted by Gasteiger charge is 2.14. The highest BCUT2D eigenvalue weighted by molar-refractivity contribution is 14.1. The van der Waals surface area contributed by atoms with Gasteiger partial charge in [0.1, 0.15) is 0 Å². The van der Waals surface area contributed by atoms with E-state index in [-0.39, 0.29) is 0 Å². The Bertz CT molecular complexity index is 142. The van der Waals surface area contributed by atoms with Crippen molar-refractivity contribution in [3.8, 4) is 0 Å². The summed E-state index contributed by atoms with van der Waals surface area (Å²) in [5, 5.41) is 0. The van der Waals surface area contributed by atoms with Crippen LogP contribution in [0.25, 0.3) is 0 Å². The Kier molecular flexibility index (Phi) is 12.5. The largest absolute Gasteiger partial charge is 0.0879 e. The van der Waals surface area contributed by atoms with Gasteiger partial charge in [0.05, 0.1) is 0 Å². The van der Waals surface area contributed by atoms with Crippen LogP contribution in [0.1, 0.15) is 58.8 Å². The predicted molar refractivity (Wildman–Crippen MR) is 92.0 cm³/mol. The van der Waals surface area contributed by atoms with Crippen LogP contribution in [-0.4, -0.2) is 12.7 Å². The second kappa shape index (κ2) is 11.1. The lowest BCUT2D eigenvalue weighted by Crippen LogP contribution is -2.13. The van der Waals surface area contributed by atoms with Crippen molar-refractivity contribution in [2.24, 2.45) is 0 Å². The number of hydrogen-bond donors (Lipinski definition) is 0. The van der Waals surface area contributed by atoms with E-state index in [9.17, 15) is 0 Å². The van der Waals surface area contributed by atoms with Crippen LogP contribution < -0.4 is 0 Å². The standard InChI is InChI=1S/C12H23BrI2/c1-3-6-10(14)8-5-9-12(15)11(13)7-4-2/h10-12H,3-9H2,1-2H3. The maximum atomic E-state index is 3.79. The van der Waals surface area contributed by atoms with Crippen LogP contribution in [0.5, 0.6) is 0 Å². The van der Waals surface area contributed by atoms with Crippen LogP contribution in [0.2, 0.25) is 0 Å². The summed E-state index contributed by atoms with van der Waals surface area (Å²) >= 11 is 9.01. The van der Waals surface area contributed by atoms with Crippen molar-refractivity contribution in [1.82, 2.24) is 0 Å². The van der Waals surface area contributed by atoms with Crippen LogP contribution in [0.3, 0.4) is 0 Å². The van der Waals surface area contributed by atoms with Crippen LogP contribution in [0, 0.1) is 0 Å². The molecule has 0 fully saturated rings. The lowest BCUT2D eigenvalue weighted by molar-refractivity contribution is 0.607. The summed E-state index contributed by atoms with van der Waals surface area (Å²) in [6.45, 7) is 4.54. The maximum absolute atomic E-state index is 3.79. The Morgan fingerprint density at radius 1 is 0.933 bits per heavy atom. The quantitative estimate of drug-likeness (QED) is 0.264. The summed E-state index contributed by atoms with van der Waals surface area (Å²) in [5.41, 5.74) is 0. The lowest BCUT2D eigenvalue weighted by Gasteiger charge is -2.16. The second-order valence-corrected chi connectivity index (χ2v) is 8.68. The molecule has 92 valence electrons. The van der Waals surface area contributed by atoms with E-state index < -0.39 is 0 Å². The van der Waals surface area contributed by atoms with Gasteiger partial charge in [-0.25, -0.2) is 0 Å². The molecule has 0 aliphatic heterocycles. The molecule has 3 atom stereocenters. The predicted octanol–water partition coefficient (Wildman–Crippen LogP) is 6.13. The molecule has 0 N–H and O–H groups in total. The molecule has 0 saturated heterocycles. The Balaban J connectivity index is 3.49. The monoisotopic (exact) mass is 500 g/mol. The zero-order chi connectivity index (χ0) is 11.7. The van der Waals surface area contributed by atoms with Crippen molar-refractivity contribution in [1.29, 1.82) is 0 Å². The van der Waals surface area contributed by atoms with Gasteiger partial charge in [-0.3, -0.25) is 0 Å². The summed E-state index contributed by atoms with van der Waals surface area (Å²) < 4.78 is 1.71. The van der Waals surface area contributed by atoms with Crippen molar-refractivity contribution in [2.45, 2.75) is 71.5 Å². The minimum Gasteiger partial charge on any atom is -0.0879 e. The molecule has 0 bridgehead atoms. The molecule has 0 heterocycles. The molecule has 0 aliphatic carbocycles. The second-order valence-electron chi connectivity index (χ2n) is 4.14. The first-order valence-electron chi connectivity index (χ1n) is 6.04. The van der Waals surface area contributed by atoms with E-state index in [2.05, 4.69) is 75.0 Å². The zero-order valence-corrected chi connectivity index (χ0v) is 15.7. The first-order valence-corrected chi connectivity index (χ1v) is 9.44. The molecule has 15 heavy (non-hydrogen) atoms. The molecule has 0 amide bonds. The SMILES string of the molecule is CCCC(I)CCCC(I)C(Br)CCC. The van der Waals surface area contributed by atoms with E-state index in [1.807, 2.05) is 0 Å². The number of halogens is 3. The molecule has 0 aromatic rings. The van der Waals surface area contributed by atoms with E-state index in [0.29, 0.717) is 0 Å². The summed E-state index contributed by atoms with van der Waals surface area (Å²) in [5.74, 6) is 0. The summed E-state index contributed by atoms with van der Waals surface area (Å²) in [6.07, 6.45) is 9.50. The Morgan fingerprint density at radius 3 is 2.07 bits per heavy atom. The zero-order valence-electron chi connectivity index (χ0n) is 9.82. The molecule has 0 rings (SSSR count). The first kappa shape index (κ1) is 16.9. The van der Waals surface area contributed by atoms with Crippen molar-refractivity contribution in [2.75, 3.05) is 0 Å². The molecule has 0 radical (unpaired) electrons. The third kappa shape index (κ3) is 9.62. The molecule has 3 heteroatoms. The Labute approximate surface area is 131 Å². The topological polar surface area (TPSA) is 0 Å². The van der Waals surface area contributed by atoms with Crippen molar-refractivity contribution in [3.05, 3.63) is 0 Å². The third-order valence-electron chi connectivity index (χ3n) is 2.56. The summed E-state index contributed by atoms with van der Waals surface area (Å²) in [7, 11) is 0. The maximum Gasteiger partial charge on any atom is 0.0263 e. The van der Waals surface area contributed by atoms with Gasteiger partial charge in [0.15, 0.2) is 0 Å². The molecule has 0 aromatic carbocycles. The van der Waals surface area contributed by atoms with E-state index in [0.717, 1.165) is 12.7 Å². The van der Waals surface area contributed by atoms with Gasteiger partial charge < -0.3 is 0 Å². The van der Waals surface area contributed by atoms with Crippen molar-refractivity contribution >= 4 is 61.1 Å². The molecule has 0 saturated carbocycles. The first-order chi connectivity index (χ1) is 7.11. The average Bonchev–Trinajstić information content (AvgIpc) is 2.18. The van der Waals surface area contributed by atoms with Crippen molar-refractivity contribution < 1.29 is 0 Å². The summed E-state index contributed by atoms with van der Waals surface area (Å²) in [6, 6.07) is 0. The third-order valence-corrected chi connectivity index (χ3v) is 7.38. The van der Waals surface area contributed by atoms with Crippen LogP contribution >= 0.6 is 61.1 Å². The van der Waals surface area contributed by atoms with Gasteiger partial charge in [-0.05, 0) is 25.7 Å². The van der Waals surface area contributed by atoms with Crippen LogP contribution in [0.15, 0.2) is 0 Å². The lowest BCUT2D eigenvalue weighted by atomic mass is 10.1. The highest BCUT2D eigenvalue weighted by atomic mass is 127. The molecule has 0 aliphatic rings. The number of hydrogen-bond acceptors (Lipinski definition) is 0. The van der Waals surface area contributed by atoms with E-state index in [1.165, 1.54) is 44.9 Å². The van der Waals surface area contributed by atoms with Crippen LogP contribution in [-0.2, 0) is 0 Å². The highest BCUT2D eigenvalue weighted by Crippen LogP contribution is 2.26. The Hall–Kier alpha value is 1.94. The van der Waals surface area contributed by atoms with E-state index in [1.54, 1.807) is 0 Å². The molecule has 0 aromatic heterocycles. The van der Waals surface area contributed by atoms with Gasteiger partial charge in [-0.2, -0.15) is 0 Å². The normalized spacial score (nSPS) is 17.4. The molecular formula is C12H23BrI2. The van der Waals surface area contributed by atoms with Gasteiger partial charge in [0.2, 0.25) is 0 Å². The fraction of sp³-hybridized carbons (Fsp3) is 1.00. The fourth-order valence-electron chi connectivity index (χ4n) is 1.63. The van der Waals surface area contributed by atoms with Gasteiger partial charge in [0.25, 0.3) is 0 Å². The van der Waals surface area contributed by atoms with Gasteiger partial charge in [-0.1, -0.05) is 94.2 Å². The number of rotatable bonds is 9. The van der Waals surface area contributed by atoms with Gasteiger partial charge in [-0.15, -0.1) is 0 Å². The number of alkyl halides is 3. The van der Waals surface area contributed by atoms with Crippen molar-refractivity contribution in [3.63, 3.8) is 0 Å². The molecule has 0 spiro atoms. The average molecular weight is 501 g/mol. The van der Waals surface area contributed by atoms with E-state index >= 15 is 0 Å². The van der Waals surface area contributed by atoms with Gasteiger partial charge >= 0.3 is 0 Å². The molecule has 0 nitrogen and oxygen atoms in total. The minimum atomic E-state index is 0.724. The fourth-order valence-corrected chi connectivity index (χ4v) is 4.21. The summed E-state index contributed by atoms with van der Waals surface area (Å²) in [4.78, 5) is 0.724. The van der Waals surface area contributed by atoms with E-state index in [4.69, 9.17) is 0 Å². The minimum absolute atomic E-state index is 0.724. The molecular weight excluding hydrogens is 478 g/mol. The van der Waals surface area contributed by atoms with Gasteiger partial charge in [0, 0.05) is 12.7 Å². The van der Waals surface area contributed by atoms with Crippen LogP contribution in [0.4, 0.5) is 0 Å². The Morgan fingerprint density at radius 2 is 1.53 bits per heavy atom. The smallest absolute Gasteiger partial charge is 0.0263 e. The molecule has 3 unspecified atom stereocenters.